The Morgan fingerprint density at radius 2 is 1.81 bits per heavy atom. The summed E-state index contributed by atoms with van der Waals surface area (Å²) in [5, 5.41) is 3.35. The molecule has 2 rings (SSSR count). The average molecular weight is 396 g/mol. The van der Waals surface area contributed by atoms with Crippen LogP contribution in [0.15, 0.2) is 42.5 Å². The Hall–Kier alpha value is -2.24. The van der Waals surface area contributed by atoms with E-state index in [9.17, 15) is 9.59 Å². The van der Waals surface area contributed by atoms with E-state index in [4.69, 9.17) is 32.7 Å². The van der Waals surface area contributed by atoms with E-state index in [0.29, 0.717) is 22.9 Å². The smallest absolute Gasteiger partial charge is 0.339 e. The molecule has 0 aliphatic heterocycles. The highest BCUT2D eigenvalue weighted by Gasteiger charge is 2.20. The number of anilines is 1. The maximum Gasteiger partial charge on any atom is 0.339 e. The standard InChI is InChI=1S/C19H19Cl2NO4/c1-3-16(26-17-8-6-5-7-14(17)20)18(23)22-12-9-10-13(15(21)11-12)19(24)25-4-2/h5-11,16H,3-4H2,1-2H3,(H,22,23)/t16-/m0/s1. The number of carbonyl (C=O) groups excluding carboxylic acids is 2. The lowest BCUT2D eigenvalue weighted by Crippen LogP contribution is -2.32. The first kappa shape index (κ1) is 20.1. The van der Waals surface area contributed by atoms with Crippen LogP contribution in [0, 0.1) is 0 Å². The fourth-order valence-corrected chi connectivity index (χ4v) is 2.64. The molecule has 0 aliphatic rings. The van der Waals surface area contributed by atoms with E-state index in [1.165, 1.54) is 12.1 Å². The Labute approximate surface area is 162 Å². The number of nitrogens with one attached hydrogen (secondary N) is 1. The minimum absolute atomic E-state index is 0.196. The fraction of sp³-hybridized carbons (Fsp3) is 0.263. The van der Waals surface area contributed by atoms with Crippen molar-refractivity contribution in [2.45, 2.75) is 26.4 Å². The van der Waals surface area contributed by atoms with Gasteiger partial charge in [0.15, 0.2) is 6.10 Å². The van der Waals surface area contributed by atoms with Crippen LogP contribution in [0.4, 0.5) is 5.69 Å². The maximum atomic E-state index is 12.5. The third-order valence-electron chi connectivity index (χ3n) is 3.50. The number of benzene rings is 2. The predicted octanol–water partition coefficient (Wildman–Crippen LogP) is 4.97. The van der Waals surface area contributed by atoms with Crippen LogP contribution in [0.3, 0.4) is 0 Å². The number of para-hydroxylation sites is 1. The second kappa shape index (κ2) is 9.46. The van der Waals surface area contributed by atoms with E-state index in [1.54, 1.807) is 37.3 Å². The molecule has 0 radical (unpaired) electrons. The first-order valence-corrected chi connectivity index (χ1v) is 8.90. The van der Waals surface area contributed by atoms with Crippen LogP contribution < -0.4 is 10.1 Å². The molecule has 2 aromatic rings. The number of ether oxygens (including phenoxy) is 2. The largest absolute Gasteiger partial charge is 0.479 e. The van der Waals surface area contributed by atoms with Gasteiger partial charge in [0.1, 0.15) is 5.75 Å². The predicted molar refractivity (Wildman–Crippen MR) is 102 cm³/mol. The molecule has 2 aromatic carbocycles. The second-order valence-corrected chi connectivity index (χ2v) is 6.16. The number of hydrogen-bond acceptors (Lipinski definition) is 4. The van der Waals surface area contributed by atoms with Crippen LogP contribution in [0.1, 0.15) is 30.6 Å². The monoisotopic (exact) mass is 395 g/mol. The quantitative estimate of drug-likeness (QED) is 0.672. The van der Waals surface area contributed by atoms with Crippen molar-refractivity contribution in [1.29, 1.82) is 0 Å². The molecular weight excluding hydrogens is 377 g/mol. The Kier molecular flexibility index (Phi) is 7.30. The van der Waals surface area contributed by atoms with Crippen molar-refractivity contribution >= 4 is 40.8 Å². The van der Waals surface area contributed by atoms with Crippen molar-refractivity contribution < 1.29 is 19.1 Å². The summed E-state index contributed by atoms with van der Waals surface area (Å²) in [5.41, 5.74) is 0.695. The van der Waals surface area contributed by atoms with Crippen molar-refractivity contribution in [3.63, 3.8) is 0 Å². The van der Waals surface area contributed by atoms with Gasteiger partial charge in [0.05, 0.1) is 22.2 Å². The molecule has 0 saturated carbocycles. The number of carbonyl (C=O) groups is 2. The zero-order chi connectivity index (χ0) is 19.1. The summed E-state index contributed by atoms with van der Waals surface area (Å²) in [6, 6.07) is 11.5. The molecule has 0 unspecified atom stereocenters. The normalized spacial score (nSPS) is 11.5. The molecule has 0 heterocycles. The minimum Gasteiger partial charge on any atom is -0.479 e. The number of esters is 1. The molecule has 26 heavy (non-hydrogen) atoms. The van der Waals surface area contributed by atoms with Crippen molar-refractivity contribution in [2.24, 2.45) is 0 Å². The SMILES string of the molecule is CCOC(=O)c1ccc(NC(=O)[C@H](CC)Oc2ccccc2Cl)cc1Cl. The van der Waals surface area contributed by atoms with Gasteiger partial charge in [0.25, 0.3) is 5.91 Å². The topological polar surface area (TPSA) is 64.6 Å². The third kappa shape index (κ3) is 5.13. The molecule has 0 spiro atoms. The molecule has 0 fully saturated rings. The number of amides is 1. The summed E-state index contributed by atoms with van der Waals surface area (Å²) in [5.74, 6) is -0.414. The van der Waals surface area contributed by atoms with E-state index >= 15 is 0 Å². The third-order valence-corrected chi connectivity index (χ3v) is 4.13. The van der Waals surface area contributed by atoms with Crippen LogP contribution in [0.2, 0.25) is 10.0 Å². The van der Waals surface area contributed by atoms with Gasteiger partial charge in [-0.1, -0.05) is 42.3 Å². The van der Waals surface area contributed by atoms with Gasteiger partial charge in [-0.2, -0.15) is 0 Å². The molecule has 0 bridgehead atoms. The molecule has 0 saturated heterocycles. The van der Waals surface area contributed by atoms with Crippen LogP contribution >= 0.6 is 23.2 Å². The zero-order valence-corrected chi connectivity index (χ0v) is 15.9. The summed E-state index contributed by atoms with van der Waals surface area (Å²) in [7, 11) is 0. The molecule has 0 aliphatic carbocycles. The van der Waals surface area contributed by atoms with Crippen LogP contribution in [0.5, 0.6) is 5.75 Å². The summed E-state index contributed by atoms with van der Waals surface area (Å²) in [4.78, 5) is 24.2. The molecule has 0 aromatic heterocycles. The van der Waals surface area contributed by atoms with Gasteiger partial charge >= 0.3 is 5.97 Å². The maximum absolute atomic E-state index is 12.5. The Bertz CT molecular complexity index is 795. The van der Waals surface area contributed by atoms with Crippen molar-refractivity contribution in [1.82, 2.24) is 0 Å². The number of halogens is 2. The van der Waals surface area contributed by atoms with E-state index in [2.05, 4.69) is 5.32 Å². The van der Waals surface area contributed by atoms with Gasteiger partial charge in [-0.3, -0.25) is 4.79 Å². The van der Waals surface area contributed by atoms with Crippen LogP contribution in [-0.4, -0.2) is 24.6 Å². The van der Waals surface area contributed by atoms with Gasteiger partial charge in [-0.05, 0) is 43.7 Å². The van der Waals surface area contributed by atoms with Crippen molar-refractivity contribution in [2.75, 3.05) is 11.9 Å². The van der Waals surface area contributed by atoms with Gasteiger partial charge in [-0.25, -0.2) is 4.79 Å². The summed E-state index contributed by atoms with van der Waals surface area (Å²) >= 11 is 12.2. The highest BCUT2D eigenvalue weighted by molar-refractivity contribution is 6.34. The van der Waals surface area contributed by atoms with Gasteiger partial charge in [-0.15, -0.1) is 0 Å². The molecule has 5 nitrogen and oxygen atoms in total. The summed E-state index contributed by atoms with van der Waals surface area (Å²) in [6.45, 7) is 3.80. The Balaban J connectivity index is 2.09. The zero-order valence-electron chi connectivity index (χ0n) is 14.4. The average Bonchev–Trinajstić information content (AvgIpc) is 2.61. The summed E-state index contributed by atoms with van der Waals surface area (Å²) in [6.07, 6.45) is -0.274. The molecular formula is C19H19Cl2NO4. The first-order valence-electron chi connectivity index (χ1n) is 8.15. The van der Waals surface area contributed by atoms with Gasteiger partial charge in [0.2, 0.25) is 0 Å². The van der Waals surface area contributed by atoms with Crippen molar-refractivity contribution in [3.8, 4) is 5.75 Å². The van der Waals surface area contributed by atoms with E-state index in [0.717, 1.165) is 0 Å². The molecule has 1 N–H and O–H groups in total. The highest BCUT2D eigenvalue weighted by atomic mass is 35.5. The Morgan fingerprint density at radius 1 is 1.08 bits per heavy atom. The van der Waals surface area contributed by atoms with E-state index in [1.807, 2.05) is 6.92 Å². The highest BCUT2D eigenvalue weighted by Crippen LogP contribution is 2.26. The number of hydrogen-bond donors (Lipinski definition) is 1. The molecule has 1 atom stereocenters. The van der Waals surface area contributed by atoms with E-state index in [-0.39, 0.29) is 23.1 Å². The number of rotatable bonds is 7. The lowest BCUT2D eigenvalue weighted by atomic mass is 10.2. The summed E-state index contributed by atoms with van der Waals surface area (Å²) < 4.78 is 10.6. The lowest BCUT2D eigenvalue weighted by molar-refractivity contribution is -0.122. The van der Waals surface area contributed by atoms with Gasteiger partial charge in [0, 0.05) is 5.69 Å². The second-order valence-electron chi connectivity index (χ2n) is 5.35. The Morgan fingerprint density at radius 3 is 2.42 bits per heavy atom. The van der Waals surface area contributed by atoms with Crippen LogP contribution in [-0.2, 0) is 9.53 Å². The van der Waals surface area contributed by atoms with Crippen molar-refractivity contribution in [3.05, 3.63) is 58.1 Å². The van der Waals surface area contributed by atoms with Crippen LogP contribution in [0.25, 0.3) is 0 Å². The molecule has 7 heteroatoms. The fourth-order valence-electron chi connectivity index (χ4n) is 2.21. The first-order chi connectivity index (χ1) is 12.5. The minimum atomic E-state index is -0.724. The molecule has 1 amide bonds. The molecule has 138 valence electrons. The van der Waals surface area contributed by atoms with Gasteiger partial charge < -0.3 is 14.8 Å². The lowest BCUT2D eigenvalue weighted by Gasteiger charge is -2.18. The van der Waals surface area contributed by atoms with E-state index < -0.39 is 12.1 Å².